The summed E-state index contributed by atoms with van der Waals surface area (Å²) in [5, 5.41) is 22.8. The van der Waals surface area contributed by atoms with Crippen LogP contribution in [-0.4, -0.2) is 39.5 Å². The van der Waals surface area contributed by atoms with Gasteiger partial charge in [-0.1, -0.05) is 18.2 Å². The number of fused-ring (bicyclic) bond motifs is 1. The first-order valence-electron chi connectivity index (χ1n) is 8.65. The molecule has 2 amide bonds. The Balaban J connectivity index is 1.56. The molecule has 7 heteroatoms. The minimum absolute atomic E-state index is 0.191. The van der Waals surface area contributed by atoms with Crippen molar-refractivity contribution >= 4 is 38.9 Å². The number of carbonyl (C=O) groups excluding carboxylic acids is 2. The lowest BCUT2D eigenvalue weighted by Crippen LogP contribution is -2.42. The third kappa shape index (κ3) is 3.33. The van der Waals surface area contributed by atoms with Crippen molar-refractivity contribution in [3.8, 4) is 11.5 Å². The van der Waals surface area contributed by atoms with Crippen molar-refractivity contribution < 1.29 is 19.8 Å². The number of thiophene rings is 1. The zero-order valence-corrected chi connectivity index (χ0v) is 15.2. The molecule has 3 N–H and O–H groups in total. The number of hydrogen-bond acceptors (Lipinski definition) is 5. The lowest BCUT2D eigenvalue weighted by atomic mass is 10.2. The van der Waals surface area contributed by atoms with E-state index >= 15 is 0 Å². The van der Waals surface area contributed by atoms with Crippen LogP contribution < -0.4 is 5.32 Å². The lowest BCUT2D eigenvalue weighted by Gasteiger charge is -2.23. The molecular formula is C20H18N2O4S. The molecule has 1 aliphatic rings. The number of rotatable bonds is 3. The van der Waals surface area contributed by atoms with Gasteiger partial charge in [-0.2, -0.15) is 0 Å². The van der Waals surface area contributed by atoms with Gasteiger partial charge in [-0.15, -0.1) is 11.3 Å². The molecule has 1 atom stereocenters. The average molecular weight is 382 g/mol. The first-order valence-corrected chi connectivity index (χ1v) is 9.47. The van der Waals surface area contributed by atoms with Crippen LogP contribution in [0.1, 0.15) is 22.5 Å². The summed E-state index contributed by atoms with van der Waals surface area (Å²) in [6.45, 7) is 0.524. The van der Waals surface area contributed by atoms with Crippen LogP contribution in [0.3, 0.4) is 0 Å². The van der Waals surface area contributed by atoms with E-state index in [1.165, 1.54) is 23.5 Å². The molecule has 0 saturated carbocycles. The number of nitrogens with one attached hydrogen (secondary N) is 1. The van der Waals surface area contributed by atoms with Gasteiger partial charge in [0.15, 0.2) is 11.5 Å². The zero-order valence-electron chi connectivity index (χ0n) is 14.4. The Hall–Kier alpha value is -3.06. The number of phenolic OH excluding ortho intramolecular Hbond substituents is 2. The molecular weight excluding hydrogens is 364 g/mol. The van der Waals surface area contributed by atoms with E-state index < -0.39 is 6.04 Å². The summed E-state index contributed by atoms with van der Waals surface area (Å²) in [5.41, 5.74) is 0.703. The molecule has 1 aromatic heterocycles. The Morgan fingerprint density at radius 3 is 2.59 bits per heavy atom. The number of hydrogen-bond donors (Lipinski definition) is 3. The molecule has 0 aliphatic carbocycles. The predicted molar refractivity (Wildman–Crippen MR) is 104 cm³/mol. The predicted octanol–water partition coefficient (Wildman–Crippen LogP) is 3.56. The van der Waals surface area contributed by atoms with Crippen LogP contribution in [0.15, 0.2) is 48.5 Å². The second kappa shape index (κ2) is 6.92. The van der Waals surface area contributed by atoms with Gasteiger partial charge in [0.1, 0.15) is 6.04 Å². The van der Waals surface area contributed by atoms with Crippen LogP contribution in [0.4, 0.5) is 5.69 Å². The molecule has 2 heterocycles. The molecule has 6 nitrogen and oxygen atoms in total. The minimum Gasteiger partial charge on any atom is -0.504 e. The largest absolute Gasteiger partial charge is 0.504 e. The van der Waals surface area contributed by atoms with Crippen LogP contribution in [-0.2, 0) is 4.79 Å². The summed E-state index contributed by atoms with van der Waals surface area (Å²) < 4.78 is 0.707. The smallest absolute Gasteiger partial charge is 0.264 e. The number of benzene rings is 2. The number of phenols is 2. The third-order valence-electron chi connectivity index (χ3n) is 4.68. The monoisotopic (exact) mass is 382 g/mol. The molecule has 0 bridgehead atoms. The van der Waals surface area contributed by atoms with Crippen molar-refractivity contribution in [1.29, 1.82) is 0 Å². The molecule has 138 valence electrons. The second-order valence-electron chi connectivity index (χ2n) is 6.50. The van der Waals surface area contributed by atoms with Gasteiger partial charge in [-0.05, 0) is 42.5 Å². The van der Waals surface area contributed by atoms with Crippen LogP contribution in [0, 0.1) is 0 Å². The first-order chi connectivity index (χ1) is 13.0. The summed E-state index contributed by atoms with van der Waals surface area (Å²) in [6.07, 6.45) is 1.39. The van der Waals surface area contributed by atoms with E-state index in [2.05, 4.69) is 5.32 Å². The Morgan fingerprint density at radius 2 is 1.81 bits per heavy atom. The topological polar surface area (TPSA) is 89.9 Å². The van der Waals surface area contributed by atoms with Gasteiger partial charge in [0, 0.05) is 23.0 Å². The molecule has 3 aromatic rings. The molecule has 27 heavy (non-hydrogen) atoms. The fraction of sp³-hybridized carbons (Fsp3) is 0.200. The van der Waals surface area contributed by atoms with Gasteiger partial charge in [0.2, 0.25) is 5.91 Å². The number of anilines is 1. The average Bonchev–Trinajstić information content (AvgIpc) is 3.29. The Bertz CT molecular complexity index is 976. The Kier molecular flexibility index (Phi) is 4.45. The standard InChI is InChI=1S/C20H18N2O4S/c23-15-9-12-10-18(27-17(12)11-16(15)24)20(26)22-8-4-7-14(22)19(25)21-13-5-2-1-3-6-13/h1-3,5-6,9-11,14,23-24H,4,7-8H2,(H,21,25)/t14-/m0/s1. The maximum Gasteiger partial charge on any atom is 0.264 e. The fourth-order valence-electron chi connectivity index (χ4n) is 3.34. The SMILES string of the molecule is O=C(Nc1ccccc1)[C@@H]1CCCN1C(=O)c1cc2cc(O)c(O)cc2s1. The minimum atomic E-state index is -0.510. The van der Waals surface area contributed by atoms with Crippen molar-refractivity contribution in [2.45, 2.75) is 18.9 Å². The van der Waals surface area contributed by atoms with Crippen molar-refractivity contribution in [2.75, 3.05) is 11.9 Å². The normalized spacial score (nSPS) is 16.6. The Morgan fingerprint density at radius 1 is 1.07 bits per heavy atom. The highest BCUT2D eigenvalue weighted by molar-refractivity contribution is 7.20. The molecule has 1 fully saturated rings. The Labute approximate surface area is 159 Å². The van der Waals surface area contributed by atoms with Crippen LogP contribution in [0.2, 0.25) is 0 Å². The van der Waals surface area contributed by atoms with Gasteiger partial charge < -0.3 is 20.4 Å². The molecule has 2 aromatic carbocycles. The molecule has 0 unspecified atom stereocenters. The van der Waals surface area contributed by atoms with E-state index in [0.29, 0.717) is 33.6 Å². The number of aromatic hydroxyl groups is 2. The molecule has 4 rings (SSSR count). The van der Waals surface area contributed by atoms with Crippen LogP contribution in [0.25, 0.3) is 10.1 Å². The summed E-state index contributed by atoms with van der Waals surface area (Å²) >= 11 is 1.24. The van der Waals surface area contributed by atoms with Crippen molar-refractivity contribution in [3.63, 3.8) is 0 Å². The van der Waals surface area contributed by atoms with E-state index in [1.807, 2.05) is 30.3 Å². The summed E-state index contributed by atoms with van der Waals surface area (Å²) in [7, 11) is 0. The quantitative estimate of drug-likeness (QED) is 0.604. The number of amides is 2. The van der Waals surface area contributed by atoms with E-state index in [-0.39, 0.29) is 23.3 Å². The third-order valence-corrected chi connectivity index (χ3v) is 5.77. The van der Waals surface area contributed by atoms with Gasteiger partial charge in [0.05, 0.1) is 4.88 Å². The van der Waals surface area contributed by atoms with E-state index in [4.69, 9.17) is 0 Å². The number of nitrogens with zero attached hydrogens (tertiary/aromatic N) is 1. The van der Waals surface area contributed by atoms with Crippen molar-refractivity contribution in [2.24, 2.45) is 0 Å². The van der Waals surface area contributed by atoms with Crippen molar-refractivity contribution in [1.82, 2.24) is 4.90 Å². The number of likely N-dealkylation sites (tertiary alicyclic amines) is 1. The molecule has 0 spiro atoms. The van der Waals surface area contributed by atoms with Crippen molar-refractivity contribution in [3.05, 3.63) is 53.4 Å². The van der Waals surface area contributed by atoms with E-state index in [0.717, 1.165) is 6.42 Å². The molecule has 0 radical (unpaired) electrons. The fourth-order valence-corrected chi connectivity index (χ4v) is 4.37. The second-order valence-corrected chi connectivity index (χ2v) is 7.59. The number of carbonyl (C=O) groups is 2. The summed E-state index contributed by atoms with van der Waals surface area (Å²) in [6, 6.07) is 13.2. The van der Waals surface area contributed by atoms with E-state index in [1.54, 1.807) is 11.0 Å². The number of para-hydroxylation sites is 1. The maximum absolute atomic E-state index is 13.0. The highest BCUT2D eigenvalue weighted by atomic mass is 32.1. The van der Waals surface area contributed by atoms with Gasteiger partial charge in [-0.25, -0.2) is 0 Å². The molecule has 1 saturated heterocycles. The van der Waals surface area contributed by atoms with E-state index in [9.17, 15) is 19.8 Å². The van der Waals surface area contributed by atoms with Gasteiger partial charge in [0.25, 0.3) is 5.91 Å². The van der Waals surface area contributed by atoms with Crippen LogP contribution in [0.5, 0.6) is 11.5 Å². The first kappa shape index (κ1) is 17.4. The summed E-state index contributed by atoms with van der Waals surface area (Å²) in [5.74, 6) is -0.838. The van der Waals surface area contributed by atoms with Crippen LogP contribution >= 0.6 is 11.3 Å². The summed E-state index contributed by atoms with van der Waals surface area (Å²) in [4.78, 5) is 27.7. The zero-order chi connectivity index (χ0) is 19.0. The molecule has 1 aliphatic heterocycles. The van der Waals surface area contributed by atoms with Gasteiger partial charge >= 0.3 is 0 Å². The highest BCUT2D eigenvalue weighted by Gasteiger charge is 2.35. The maximum atomic E-state index is 13.0. The lowest BCUT2D eigenvalue weighted by molar-refractivity contribution is -0.119. The van der Waals surface area contributed by atoms with Gasteiger partial charge in [-0.3, -0.25) is 9.59 Å². The highest BCUT2D eigenvalue weighted by Crippen LogP contribution is 2.36.